The lowest BCUT2D eigenvalue weighted by Gasteiger charge is -2.23. The number of hydrogen-bond acceptors (Lipinski definition) is 3. The van der Waals surface area contributed by atoms with Gasteiger partial charge in [-0.3, -0.25) is 9.59 Å². The van der Waals surface area contributed by atoms with E-state index < -0.39 is 11.5 Å². The number of fused-ring (bicyclic) bond motifs is 1. The summed E-state index contributed by atoms with van der Waals surface area (Å²) in [7, 11) is 0. The molecule has 1 aliphatic carbocycles. The summed E-state index contributed by atoms with van der Waals surface area (Å²) < 4.78 is 0. The molecule has 0 radical (unpaired) electrons. The minimum Gasteiger partial charge on any atom is -0.325 e. The number of nitrogens with one attached hydrogen (secondary N) is 1. The van der Waals surface area contributed by atoms with Crippen molar-refractivity contribution in [3.05, 3.63) is 35.6 Å². The lowest BCUT2D eigenvalue weighted by molar-refractivity contribution is -0.130. The van der Waals surface area contributed by atoms with Gasteiger partial charge in [0, 0.05) is 25.6 Å². The lowest BCUT2D eigenvalue weighted by atomic mass is 9.78. The predicted molar refractivity (Wildman–Crippen MR) is 87.8 cm³/mol. The number of allylic oxidation sites excluding steroid dienone is 4. The Hall–Kier alpha value is -2.35. The quantitative estimate of drug-likeness (QED) is 0.745. The molecule has 1 saturated heterocycles. The van der Waals surface area contributed by atoms with Crippen LogP contribution >= 0.6 is 0 Å². The van der Waals surface area contributed by atoms with Gasteiger partial charge in [-0.05, 0) is 17.6 Å². The van der Waals surface area contributed by atoms with Crippen LogP contribution in [0.5, 0.6) is 0 Å². The Morgan fingerprint density at radius 3 is 2.61 bits per heavy atom. The number of hydrogen-bond donors (Lipinski definition) is 1. The van der Waals surface area contributed by atoms with Crippen LogP contribution in [0.25, 0.3) is 0 Å². The molecule has 5 nitrogen and oxygen atoms in total. The molecule has 1 fully saturated rings. The van der Waals surface area contributed by atoms with Gasteiger partial charge in [-0.1, -0.05) is 39.0 Å². The van der Waals surface area contributed by atoms with Gasteiger partial charge in [-0.25, -0.2) is 0 Å². The van der Waals surface area contributed by atoms with E-state index >= 15 is 0 Å². The maximum absolute atomic E-state index is 12.5. The first kappa shape index (κ1) is 17.0. The fourth-order valence-corrected chi connectivity index (χ4v) is 3.34. The Bertz CT molecular complexity index is 654. The minimum absolute atomic E-state index is 0.111. The molecule has 1 N–H and O–H groups in total. The second-order valence-electron chi connectivity index (χ2n) is 5.94. The number of carbonyl (C=O) groups is 2. The van der Waals surface area contributed by atoms with Crippen molar-refractivity contribution < 1.29 is 9.59 Å². The molecule has 0 aromatic rings. The van der Waals surface area contributed by atoms with E-state index in [1.807, 2.05) is 38.2 Å². The van der Waals surface area contributed by atoms with E-state index in [-0.39, 0.29) is 18.4 Å². The average molecular weight is 313 g/mol. The molecule has 0 aromatic heterocycles. The lowest BCUT2D eigenvalue weighted by Crippen LogP contribution is -2.38. The van der Waals surface area contributed by atoms with E-state index in [4.69, 9.17) is 0 Å². The zero-order valence-corrected chi connectivity index (χ0v) is 14.1. The summed E-state index contributed by atoms with van der Waals surface area (Å²) in [6.45, 7) is 7.78. The van der Waals surface area contributed by atoms with Gasteiger partial charge in [-0.2, -0.15) is 5.26 Å². The number of likely N-dealkylation sites (tertiary alicyclic amines) is 1. The number of rotatable bonds is 0. The molecule has 5 heteroatoms. The van der Waals surface area contributed by atoms with E-state index in [2.05, 4.69) is 18.3 Å². The zero-order chi connectivity index (χ0) is 17.2. The summed E-state index contributed by atoms with van der Waals surface area (Å²) >= 11 is 0. The van der Waals surface area contributed by atoms with Gasteiger partial charge >= 0.3 is 0 Å². The van der Waals surface area contributed by atoms with Gasteiger partial charge in [0.05, 0.1) is 11.5 Å². The van der Waals surface area contributed by atoms with Crippen LogP contribution in [0.15, 0.2) is 35.6 Å². The topological polar surface area (TPSA) is 73.2 Å². The predicted octanol–water partition coefficient (Wildman–Crippen LogP) is 2.29. The van der Waals surface area contributed by atoms with Crippen LogP contribution in [0.3, 0.4) is 0 Å². The van der Waals surface area contributed by atoms with Crippen molar-refractivity contribution in [3.63, 3.8) is 0 Å². The van der Waals surface area contributed by atoms with Gasteiger partial charge in [0.2, 0.25) is 11.8 Å². The molecule has 0 saturated carbocycles. The largest absolute Gasteiger partial charge is 0.325 e. The molecule has 0 aromatic carbocycles. The highest BCUT2D eigenvalue weighted by atomic mass is 16.2. The Morgan fingerprint density at radius 2 is 2.04 bits per heavy atom. The molecule has 3 rings (SSSR count). The van der Waals surface area contributed by atoms with Crippen molar-refractivity contribution in [1.82, 2.24) is 10.2 Å². The van der Waals surface area contributed by atoms with Crippen molar-refractivity contribution in [3.8, 4) is 6.07 Å². The van der Waals surface area contributed by atoms with E-state index in [1.54, 1.807) is 0 Å². The molecule has 2 amide bonds. The first-order chi connectivity index (χ1) is 11.0. The van der Waals surface area contributed by atoms with E-state index in [0.717, 1.165) is 11.3 Å². The molecule has 3 aliphatic rings. The highest BCUT2D eigenvalue weighted by Gasteiger charge is 2.55. The number of nitriles is 1. The van der Waals surface area contributed by atoms with Gasteiger partial charge in [0.25, 0.3) is 0 Å². The van der Waals surface area contributed by atoms with Crippen molar-refractivity contribution in [2.24, 2.45) is 11.3 Å². The van der Waals surface area contributed by atoms with E-state index in [9.17, 15) is 14.9 Å². The summed E-state index contributed by atoms with van der Waals surface area (Å²) in [6, 6.07) is 1.60. The second kappa shape index (κ2) is 6.41. The van der Waals surface area contributed by atoms with Gasteiger partial charge in [-0.15, -0.1) is 0 Å². The van der Waals surface area contributed by atoms with E-state index in [1.165, 1.54) is 11.8 Å². The highest BCUT2D eigenvalue weighted by molar-refractivity contribution is 5.94. The summed E-state index contributed by atoms with van der Waals surface area (Å²) in [5.74, 6) is 0.0174. The van der Waals surface area contributed by atoms with Crippen LogP contribution in [0.4, 0.5) is 0 Å². The third-order valence-corrected chi connectivity index (χ3v) is 4.53. The first-order valence-electron chi connectivity index (χ1n) is 8.07. The van der Waals surface area contributed by atoms with E-state index in [0.29, 0.717) is 12.3 Å². The van der Waals surface area contributed by atoms with Crippen molar-refractivity contribution in [1.29, 1.82) is 5.26 Å². The normalized spacial score (nSPS) is 31.3. The van der Waals surface area contributed by atoms with Crippen LogP contribution in [0.1, 0.15) is 34.1 Å². The van der Waals surface area contributed by atoms with Crippen LogP contribution in [0.2, 0.25) is 0 Å². The second-order valence-corrected chi connectivity index (χ2v) is 5.94. The number of nitrogens with zero attached hydrogens (tertiary/aromatic N) is 2. The molecular weight excluding hydrogens is 290 g/mol. The molecule has 23 heavy (non-hydrogen) atoms. The summed E-state index contributed by atoms with van der Waals surface area (Å²) in [5, 5.41) is 12.2. The van der Waals surface area contributed by atoms with Crippen LogP contribution < -0.4 is 5.32 Å². The summed E-state index contributed by atoms with van der Waals surface area (Å²) in [5.41, 5.74) is 0.909. The summed E-state index contributed by atoms with van der Waals surface area (Å²) in [4.78, 5) is 25.8. The summed E-state index contributed by atoms with van der Waals surface area (Å²) in [6.07, 6.45) is 8.32. The van der Waals surface area contributed by atoms with Gasteiger partial charge < -0.3 is 10.2 Å². The van der Waals surface area contributed by atoms with Crippen molar-refractivity contribution >= 4 is 11.8 Å². The number of carbonyl (C=O) groups excluding carboxylic acids is 2. The third-order valence-electron chi connectivity index (χ3n) is 4.53. The van der Waals surface area contributed by atoms with Crippen molar-refractivity contribution in [2.75, 3.05) is 6.54 Å². The molecule has 2 aliphatic heterocycles. The van der Waals surface area contributed by atoms with Crippen LogP contribution in [-0.2, 0) is 9.59 Å². The Morgan fingerprint density at radius 1 is 1.39 bits per heavy atom. The standard InChI is InChI=1S/C16H17N3O2.C2H6/c1-10-3-5-13-14(6-4-10)18-15(21)16(13)7-12(8-17)19(9-16)11(2)20;1-2/h3-6,10,12H,7,9H2,1-2H3,(H,18,21);1-2H3. The smallest absolute Gasteiger partial charge is 0.237 e. The van der Waals surface area contributed by atoms with Gasteiger partial charge in [0.15, 0.2) is 0 Å². The van der Waals surface area contributed by atoms with Crippen LogP contribution in [-0.4, -0.2) is 29.3 Å². The molecule has 3 atom stereocenters. The Kier molecular flexibility index (Phi) is 4.74. The zero-order valence-electron chi connectivity index (χ0n) is 14.1. The fourth-order valence-electron chi connectivity index (χ4n) is 3.34. The molecule has 3 unspecified atom stereocenters. The Balaban J connectivity index is 0.000000924. The average Bonchev–Trinajstić information content (AvgIpc) is 2.99. The molecule has 1 spiro atoms. The van der Waals surface area contributed by atoms with Crippen molar-refractivity contribution in [2.45, 2.75) is 40.2 Å². The molecule has 0 bridgehead atoms. The first-order valence-corrected chi connectivity index (χ1v) is 8.07. The molecule has 122 valence electrons. The maximum Gasteiger partial charge on any atom is 0.237 e. The van der Waals surface area contributed by atoms with Gasteiger partial charge in [0.1, 0.15) is 6.04 Å². The van der Waals surface area contributed by atoms with Crippen LogP contribution in [0, 0.1) is 22.7 Å². The monoisotopic (exact) mass is 313 g/mol. The number of amides is 2. The Labute approximate surface area is 137 Å². The molecule has 2 heterocycles. The minimum atomic E-state index is -0.785. The molecular formula is C18H23N3O2. The highest BCUT2D eigenvalue weighted by Crippen LogP contribution is 2.47. The third kappa shape index (κ3) is 2.70. The fraction of sp³-hybridized carbons (Fsp3) is 0.500. The SMILES string of the molecule is CC.CC(=O)N1CC2(CC1C#N)C(=O)NC1=C2C=CC(C)C=C1. The maximum atomic E-state index is 12.5.